The van der Waals surface area contributed by atoms with Gasteiger partial charge in [0.15, 0.2) is 0 Å². The summed E-state index contributed by atoms with van der Waals surface area (Å²) in [6.07, 6.45) is 4.15. The van der Waals surface area contributed by atoms with Gasteiger partial charge in [-0.05, 0) is 17.9 Å². The van der Waals surface area contributed by atoms with Gasteiger partial charge in [0.25, 0.3) is 0 Å². The van der Waals surface area contributed by atoms with Gasteiger partial charge >= 0.3 is 0 Å². The van der Waals surface area contributed by atoms with Gasteiger partial charge in [-0.15, -0.1) is 6.58 Å². The number of ether oxygens (including phenoxy) is 1. The molecule has 1 rings (SSSR count). The van der Waals surface area contributed by atoms with Crippen molar-refractivity contribution in [2.24, 2.45) is 5.92 Å². The van der Waals surface area contributed by atoms with Crippen molar-refractivity contribution in [2.75, 3.05) is 6.61 Å². The van der Waals surface area contributed by atoms with Crippen molar-refractivity contribution in [1.29, 1.82) is 0 Å². The maximum absolute atomic E-state index is 10.4. The first kappa shape index (κ1) is 12.7. The monoisotopic (exact) mass is 218 g/mol. The highest BCUT2D eigenvalue weighted by Gasteiger charge is 2.06. The third-order valence-electron chi connectivity index (χ3n) is 2.39. The van der Waals surface area contributed by atoms with E-state index in [4.69, 9.17) is 4.74 Å². The van der Waals surface area contributed by atoms with Gasteiger partial charge in [0, 0.05) is 6.42 Å². The number of hydrogen-bond acceptors (Lipinski definition) is 2. The van der Waals surface area contributed by atoms with Gasteiger partial charge in [0.05, 0.1) is 13.2 Å². The quantitative estimate of drug-likeness (QED) is 0.495. The zero-order valence-electron chi connectivity index (χ0n) is 9.47. The standard InChI is InChI=1S/C14H18O2/c1-2-6-13(9-10-15)11-16-12-14-7-4-3-5-8-14/h2-5,7-8,10,13H,1,6,9,11-12H2/t13-/m0/s1. The lowest BCUT2D eigenvalue weighted by molar-refractivity contribution is -0.109. The smallest absolute Gasteiger partial charge is 0.120 e. The predicted molar refractivity (Wildman–Crippen MR) is 65.1 cm³/mol. The van der Waals surface area contributed by atoms with Gasteiger partial charge in [-0.2, -0.15) is 0 Å². The van der Waals surface area contributed by atoms with Crippen LogP contribution in [0.1, 0.15) is 18.4 Å². The van der Waals surface area contributed by atoms with Gasteiger partial charge in [-0.1, -0.05) is 36.4 Å². The highest BCUT2D eigenvalue weighted by atomic mass is 16.5. The summed E-state index contributed by atoms with van der Waals surface area (Å²) in [5, 5.41) is 0. The summed E-state index contributed by atoms with van der Waals surface area (Å²) in [6, 6.07) is 10.0. The van der Waals surface area contributed by atoms with Crippen molar-refractivity contribution in [3.8, 4) is 0 Å². The fourth-order valence-corrected chi connectivity index (χ4v) is 1.52. The van der Waals surface area contributed by atoms with Crippen LogP contribution < -0.4 is 0 Å². The van der Waals surface area contributed by atoms with E-state index in [0.29, 0.717) is 19.6 Å². The van der Waals surface area contributed by atoms with E-state index in [2.05, 4.69) is 6.58 Å². The lowest BCUT2D eigenvalue weighted by Crippen LogP contribution is -2.09. The molecule has 0 spiro atoms. The first-order valence-corrected chi connectivity index (χ1v) is 5.53. The molecule has 0 N–H and O–H groups in total. The molecule has 2 nitrogen and oxygen atoms in total. The SMILES string of the molecule is C=CC[C@@H](CC=O)COCc1ccccc1. The summed E-state index contributed by atoms with van der Waals surface area (Å²) < 4.78 is 5.58. The van der Waals surface area contributed by atoms with Crippen LogP contribution in [0.3, 0.4) is 0 Å². The van der Waals surface area contributed by atoms with Gasteiger partial charge in [-0.3, -0.25) is 0 Å². The van der Waals surface area contributed by atoms with Crippen molar-refractivity contribution in [1.82, 2.24) is 0 Å². The predicted octanol–water partition coefficient (Wildman–Crippen LogP) is 2.98. The maximum atomic E-state index is 10.4. The van der Waals surface area contributed by atoms with Crippen LogP contribution in [0.4, 0.5) is 0 Å². The van der Waals surface area contributed by atoms with E-state index in [0.717, 1.165) is 18.3 Å². The van der Waals surface area contributed by atoms with E-state index >= 15 is 0 Å². The molecular weight excluding hydrogens is 200 g/mol. The lowest BCUT2D eigenvalue weighted by atomic mass is 10.0. The Bertz CT molecular complexity index is 296. The van der Waals surface area contributed by atoms with Crippen LogP contribution in [0.15, 0.2) is 43.0 Å². The molecule has 86 valence electrons. The Morgan fingerprint density at radius 3 is 2.62 bits per heavy atom. The van der Waals surface area contributed by atoms with Crippen LogP contribution in [0.25, 0.3) is 0 Å². The first-order valence-electron chi connectivity index (χ1n) is 5.53. The average Bonchev–Trinajstić information content (AvgIpc) is 2.31. The third kappa shape index (κ3) is 4.89. The van der Waals surface area contributed by atoms with Crippen molar-refractivity contribution in [3.63, 3.8) is 0 Å². The zero-order valence-corrected chi connectivity index (χ0v) is 9.47. The van der Waals surface area contributed by atoms with Crippen LogP contribution in [-0.4, -0.2) is 12.9 Å². The molecule has 16 heavy (non-hydrogen) atoms. The Morgan fingerprint density at radius 2 is 2.00 bits per heavy atom. The van der Waals surface area contributed by atoms with Crippen LogP contribution >= 0.6 is 0 Å². The Labute approximate surface area is 96.9 Å². The fraction of sp³-hybridized carbons (Fsp3) is 0.357. The molecule has 0 unspecified atom stereocenters. The topological polar surface area (TPSA) is 26.3 Å². The van der Waals surface area contributed by atoms with Crippen LogP contribution in [0.5, 0.6) is 0 Å². The third-order valence-corrected chi connectivity index (χ3v) is 2.39. The van der Waals surface area contributed by atoms with Crippen molar-refractivity contribution < 1.29 is 9.53 Å². The summed E-state index contributed by atoms with van der Waals surface area (Å²) in [7, 11) is 0. The summed E-state index contributed by atoms with van der Waals surface area (Å²) in [4.78, 5) is 10.4. The average molecular weight is 218 g/mol. The van der Waals surface area contributed by atoms with Gasteiger partial charge in [0.2, 0.25) is 0 Å². The molecule has 0 saturated heterocycles. The number of hydrogen-bond donors (Lipinski definition) is 0. The number of benzene rings is 1. The van der Waals surface area contributed by atoms with E-state index in [1.807, 2.05) is 36.4 Å². The Morgan fingerprint density at radius 1 is 1.25 bits per heavy atom. The molecule has 0 aliphatic rings. The number of rotatable bonds is 8. The summed E-state index contributed by atoms with van der Waals surface area (Å²) >= 11 is 0. The molecule has 0 aliphatic heterocycles. The maximum Gasteiger partial charge on any atom is 0.120 e. The first-order chi connectivity index (χ1) is 7.86. The van der Waals surface area contributed by atoms with Gasteiger partial charge in [0.1, 0.15) is 6.29 Å². The highest BCUT2D eigenvalue weighted by molar-refractivity contribution is 5.49. The molecule has 1 aromatic rings. The Kier molecular flexibility index (Phi) is 6.19. The van der Waals surface area contributed by atoms with Crippen molar-refractivity contribution in [2.45, 2.75) is 19.4 Å². The number of aldehydes is 1. The second-order valence-corrected chi connectivity index (χ2v) is 3.79. The molecule has 0 aliphatic carbocycles. The molecule has 1 aromatic carbocycles. The number of carbonyl (C=O) groups excluding carboxylic acids is 1. The van der Waals surface area contributed by atoms with E-state index in [1.54, 1.807) is 0 Å². The molecule has 0 saturated carbocycles. The van der Waals surface area contributed by atoms with Crippen LogP contribution in [0, 0.1) is 5.92 Å². The molecule has 0 heterocycles. The molecule has 0 aromatic heterocycles. The van der Waals surface area contributed by atoms with E-state index in [9.17, 15) is 4.79 Å². The Hall–Kier alpha value is -1.41. The number of allylic oxidation sites excluding steroid dienone is 1. The molecule has 2 heteroatoms. The minimum absolute atomic E-state index is 0.263. The van der Waals surface area contributed by atoms with Gasteiger partial charge in [-0.25, -0.2) is 0 Å². The van der Waals surface area contributed by atoms with Crippen LogP contribution in [-0.2, 0) is 16.1 Å². The summed E-state index contributed by atoms with van der Waals surface area (Å²) in [6.45, 7) is 4.89. The fourth-order valence-electron chi connectivity index (χ4n) is 1.52. The lowest BCUT2D eigenvalue weighted by Gasteiger charge is -2.12. The summed E-state index contributed by atoms with van der Waals surface area (Å²) in [5.41, 5.74) is 1.16. The molecule has 0 amide bonds. The molecule has 1 atom stereocenters. The molecule has 0 bridgehead atoms. The molecular formula is C14H18O2. The number of carbonyl (C=O) groups is 1. The van der Waals surface area contributed by atoms with Crippen molar-refractivity contribution >= 4 is 6.29 Å². The Balaban J connectivity index is 2.27. The highest BCUT2D eigenvalue weighted by Crippen LogP contribution is 2.10. The zero-order chi connectivity index (χ0) is 11.6. The van der Waals surface area contributed by atoms with E-state index < -0.39 is 0 Å². The van der Waals surface area contributed by atoms with Crippen LogP contribution in [0.2, 0.25) is 0 Å². The second-order valence-electron chi connectivity index (χ2n) is 3.79. The molecule has 0 fully saturated rings. The van der Waals surface area contributed by atoms with E-state index in [1.165, 1.54) is 0 Å². The van der Waals surface area contributed by atoms with E-state index in [-0.39, 0.29) is 5.92 Å². The largest absolute Gasteiger partial charge is 0.376 e. The second kappa shape index (κ2) is 7.83. The minimum atomic E-state index is 0.263. The summed E-state index contributed by atoms with van der Waals surface area (Å²) in [5.74, 6) is 0.263. The minimum Gasteiger partial charge on any atom is -0.376 e. The normalized spacial score (nSPS) is 12.0. The van der Waals surface area contributed by atoms with Crippen molar-refractivity contribution in [3.05, 3.63) is 48.6 Å². The molecule has 0 radical (unpaired) electrons. The van der Waals surface area contributed by atoms with Gasteiger partial charge < -0.3 is 9.53 Å².